The summed E-state index contributed by atoms with van der Waals surface area (Å²) in [6.45, 7) is 0. The predicted octanol–water partition coefficient (Wildman–Crippen LogP) is -2.10. The average molecular weight is 193 g/mol. The summed E-state index contributed by atoms with van der Waals surface area (Å²) in [5, 5.41) is 11.8. The Bertz CT molecular complexity index is 201. The van der Waals surface area contributed by atoms with Crippen molar-refractivity contribution in [1.29, 1.82) is 0 Å². The van der Waals surface area contributed by atoms with Gasteiger partial charge in [-0.1, -0.05) is 0 Å². The van der Waals surface area contributed by atoms with Crippen molar-refractivity contribution in [2.24, 2.45) is 11.5 Å². The summed E-state index contributed by atoms with van der Waals surface area (Å²) < 4.78 is 0. The maximum absolute atomic E-state index is 10.2. The minimum Gasteiger partial charge on any atom is -0.478 e. The number of carbonyl (C=O) groups excluding carboxylic acids is 2. The van der Waals surface area contributed by atoms with Gasteiger partial charge >= 0.3 is 18.0 Å². The molecule has 0 spiro atoms. The van der Waals surface area contributed by atoms with E-state index in [0.29, 0.717) is 0 Å². The smallest absolute Gasteiger partial charge is 0.347 e. The fraction of sp³-hybridized carbons (Fsp3) is 0.250. The van der Waals surface area contributed by atoms with Crippen LogP contribution < -0.4 is 28.3 Å². The van der Waals surface area contributed by atoms with Crippen LogP contribution in [-0.4, -0.2) is 29.3 Å². The molecule has 76 valence electrons. The zero-order chi connectivity index (χ0) is 9.72. The number of amides is 4. The van der Waals surface area contributed by atoms with E-state index in [4.69, 9.17) is 5.11 Å². The van der Waals surface area contributed by atoms with Crippen LogP contribution in [0.5, 0.6) is 0 Å². The molecule has 4 amide bonds. The first-order chi connectivity index (χ1) is 5.43. The number of nitrogens with two attached hydrogens (primary N) is 2. The van der Waals surface area contributed by atoms with Crippen LogP contribution in [0, 0.1) is 0 Å². The average Bonchev–Trinajstić information content (AvgIpc) is 1.83. The van der Waals surface area contributed by atoms with E-state index in [0.717, 1.165) is 0 Å². The predicted molar refractivity (Wildman–Crippen MR) is 41.9 cm³/mol. The number of carbonyl (C=O) groups is 3. The zero-order valence-electron chi connectivity index (χ0n) is 6.61. The number of hydrogen-bond acceptors (Lipinski definition) is 4. The quantitative estimate of drug-likeness (QED) is 0.280. The van der Waals surface area contributed by atoms with Gasteiger partial charge in [-0.05, 0) is 0 Å². The highest BCUT2D eigenvalue weighted by molar-refractivity contribution is 5.85. The van der Waals surface area contributed by atoms with Crippen LogP contribution in [0.15, 0.2) is 0 Å². The van der Waals surface area contributed by atoms with Gasteiger partial charge < -0.3 is 33.4 Å². The molecule has 0 saturated carbocycles. The van der Waals surface area contributed by atoms with E-state index in [1.807, 2.05) is 0 Å². The van der Waals surface area contributed by atoms with Crippen molar-refractivity contribution < 1.29 is 19.5 Å². The Hall–Kier alpha value is -2.03. The molecule has 9 nitrogen and oxygen atoms in total. The molecular formula is C4H11N5O4. The Kier molecular flexibility index (Phi) is 5.84. The lowest BCUT2D eigenvalue weighted by Crippen LogP contribution is -2.55. The van der Waals surface area contributed by atoms with E-state index in [1.54, 1.807) is 10.6 Å². The fourth-order valence-electron chi connectivity index (χ4n) is 0.444. The SMILES string of the molecule is N.NC(=O)NC(NC(N)=O)C(=O)O. The Labute approximate surface area is 73.0 Å². The number of hydrogen-bond donors (Lipinski definition) is 6. The van der Waals surface area contributed by atoms with Crippen molar-refractivity contribution in [2.45, 2.75) is 6.17 Å². The maximum atomic E-state index is 10.2. The topological polar surface area (TPSA) is 183 Å². The molecule has 0 aromatic heterocycles. The van der Waals surface area contributed by atoms with E-state index >= 15 is 0 Å². The molecular weight excluding hydrogens is 182 g/mol. The van der Waals surface area contributed by atoms with Crippen LogP contribution in [0.4, 0.5) is 9.59 Å². The van der Waals surface area contributed by atoms with Gasteiger partial charge in [0.1, 0.15) is 0 Å². The summed E-state index contributed by atoms with van der Waals surface area (Å²) in [7, 11) is 0. The van der Waals surface area contributed by atoms with Crippen LogP contribution >= 0.6 is 0 Å². The molecule has 0 fully saturated rings. The summed E-state index contributed by atoms with van der Waals surface area (Å²) in [4.78, 5) is 30.5. The molecule has 0 rings (SSSR count). The number of nitrogens with one attached hydrogen (secondary N) is 2. The number of rotatable bonds is 3. The molecule has 0 unspecified atom stereocenters. The molecule has 0 heterocycles. The van der Waals surface area contributed by atoms with Crippen LogP contribution in [-0.2, 0) is 4.79 Å². The van der Waals surface area contributed by atoms with E-state index < -0.39 is 24.2 Å². The molecule has 0 aromatic rings. The first kappa shape index (κ1) is 13.6. The summed E-state index contributed by atoms with van der Waals surface area (Å²) >= 11 is 0. The van der Waals surface area contributed by atoms with Crippen molar-refractivity contribution in [3.05, 3.63) is 0 Å². The van der Waals surface area contributed by atoms with Crippen molar-refractivity contribution in [3.63, 3.8) is 0 Å². The number of primary amides is 2. The molecule has 9 heteroatoms. The number of urea groups is 2. The summed E-state index contributed by atoms with van der Waals surface area (Å²) in [5.41, 5.74) is 9.20. The highest BCUT2D eigenvalue weighted by atomic mass is 16.4. The highest BCUT2D eigenvalue weighted by Crippen LogP contribution is 1.76. The Morgan fingerprint density at radius 3 is 1.54 bits per heavy atom. The third kappa shape index (κ3) is 6.37. The molecule has 0 aromatic carbocycles. The Balaban J connectivity index is 0. The zero-order valence-corrected chi connectivity index (χ0v) is 6.61. The molecule has 0 bridgehead atoms. The fourth-order valence-corrected chi connectivity index (χ4v) is 0.444. The first-order valence-electron chi connectivity index (χ1n) is 2.78. The number of aliphatic carboxylic acids is 1. The molecule has 0 atom stereocenters. The number of carboxylic acid groups (broad SMARTS) is 1. The van der Waals surface area contributed by atoms with E-state index in [-0.39, 0.29) is 6.15 Å². The van der Waals surface area contributed by atoms with Gasteiger partial charge in [-0.2, -0.15) is 0 Å². The second-order valence-electron chi connectivity index (χ2n) is 1.79. The summed E-state index contributed by atoms with van der Waals surface area (Å²) in [5.74, 6) is -1.47. The Morgan fingerprint density at radius 2 is 1.38 bits per heavy atom. The van der Waals surface area contributed by atoms with Gasteiger partial charge in [-0.3, -0.25) is 0 Å². The molecule has 0 aliphatic heterocycles. The first-order valence-corrected chi connectivity index (χ1v) is 2.78. The minimum atomic E-state index is -1.60. The molecule has 10 N–H and O–H groups in total. The number of carboxylic acids is 1. The van der Waals surface area contributed by atoms with E-state index in [9.17, 15) is 14.4 Å². The van der Waals surface area contributed by atoms with Gasteiger partial charge in [0.25, 0.3) is 0 Å². The third-order valence-corrected chi connectivity index (χ3v) is 0.820. The van der Waals surface area contributed by atoms with Crippen LogP contribution in [0.2, 0.25) is 0 Å². The van der Waals surface area contributed by atoms with Gasteiger partial charge in [-0.15, -0.1) is 0 Å². The second kappa shape index (κ2) is 5.60. The lowest BCUT2D eigenvalue weighted by Gasteiger charge is -2.12. The molecule has 0 saturated heterocycles. The standard InChI is InChI=1S/C4H8N4O4.H3N/c5-3(11)7-1(2(9)10)8-4(6)12;/h1H,(H,9,10)(H3,5,7,11)(H3,6,8,12);1H3. The maximum Gasteiger partial charge on any atom is 0.347 e. The second-order valence-corrected chi connectivity index (χ2v) is 1.79. The summed E-state index contributed by atoms with van der Waals surface area (Å²) in [6.07, 6.45) is -1.60. The molecule has 0 aliphatic carbocycles. The molecule has 0 aliphatic rings. The molecule has 13 heavy (non-hydrogen) atoms. The van der Waals surface area contributed by atoms with Gasteiger partial charge in [0.2, 0.25) is 6.17 Å². The van der Waals surface area contributed by atoms with Crippen molar-refractivity contribution in [2.75, 3.05) is 0 Å². The van der Waals surface area contributed by atoms with Crippen molar-refractivity contribution in [1.82, 2.24) is 16.8 Å². The van der Waals surface area contributed by atoms with Gasteiger partial charge in [0, 0.05) is 0 Å². The summed E-state index contributed by atoms with van der Waals surface area (Å²) in [6, 6.07) is -2.15. The van der Waals surface area contributed by atoms with Gasteiger partial charge in [0.05, 0.1) is 0 Å². The molecule has 0 radical (unpaired) electrons. The van der Waals surface area contributed by atoms with Gasteiger partial charge in [-0.25, -0.2) is 14.4 Å². The monoisotopic (exact) mass is 193 g/mol. The lowest BCUT2D eigenvalue weighted by atomic mass is 10.5. The van der Waals surface area contributed by atoms with Gasteiger partial charge in [0.15, 0.2) is 0 Å². The van der Waals surface area contributed by atoms with Crippen molar-refractivity contribution in [3.8, 4) is 0 Å². The lowest BCUT2D eigenvalue weighted by molar-refractivity contribution is -0.139. The van der Waals surface area contributed by atoms with E-state index in [2.05, 4.69) is 11.5 Å². The normalized spacial score (nSPS) is 8.38. The largest absolute Gasteiger partial charge is 0.478 e. The Morgan fingerprint density at radius 1 is 1.08 bits per heavy atom. The van der Waals surface area contributed by atoms with E-state index in [1.165, 1.54) is 0 Å². The minimum absolute atomic E-state index is 0. The van der Waals surface area contributed by atoms with Crippen LogP contribution in [0.25, 0.3) is 0 Å². The third-order valence-electron chi connectivity index (χ3n) is 0.820. The highest BCUT2D eigenvalue weighted by Gasteiger charge is 2.19. The van der Waals surface area contributed by atoms with Crippen LogP contribution in [0.1, 0.15) is 0 Å². The van der Waals surface area contributed by atoms with Crippen molar-refractivity contribution >= 4 is 18.0 Å². The van der Waals surface area contributed by atoms with Crippen LogP contribution in [0.3, 0.4) is 0 Å².